The SMILES string of the molecule is CCNC(c1ccccc1)C(CC)n1nc(C)c(C)c1C. The lowest BCUT2D eigenvalue weighted by Crippen LogP contribution is -2.31. The highest BCUT2D eigenvalue weighted by Crippen LogP contribution is 2.31. The predicted molar refractivity (Wildman–Crippen MR) is 88.6 cm³/mol. The Bertz CT molecular complexity index is 572. The Morgan fingerprint density at radius 1 is 1.10 bits per heavy atom. The van der Waals surface area contributed by atoms with Gasteiger partial charge in [0, 0.05) is 5.69 Å². The summed E-state index contributed by atoms with van der Waals surface area (Å²) in [7, 11) is 0. The third kappa shape index (κ3) is 3.18. The lowest BCUT2D eigenvalue weighted by molar-refractivity contribution is 0.320. The number of aryl methyl sites for hydroxylation is 1. The van der Waals surface area contributed by atoms with Gasteiger partial charge < -0.3 is 5.32 Å². The largest absolute Gasteiger partial charge is 0.308 e. The van der Waals surface area contributed by atoms with E-state index in [9.17, 15) is 0 Å². The molecule has 2 unspecified atom stereocenters. The summed E-state index contributed by atoms with van der Waals surface area (Å²) in [6.45, 7) is 11.8. The zero-order chi connectivity index (χ0) is 15.4. The Balaban J connectivity index is 2.43. The molecule has 1 N–H and O–H groups in total. The van der Waals surface area contributed by atoms with Crippen LogP contribution in [-0.4, -0.2) is 16.3 Å². The third-order valence-electron chi connectivity index (χ3n) is 4.39. The molecule has 0 bridgehead atoms. The summed E-state index contributed by atoms with van der Waals surface area (Å²) in [4.78, 5) is 0. The topological polar surface area (TPSA) is 29.9 Å². The van der Waals surface area contributed by atoms with Crippen LogP contribution in [0.1, 0.15) is 54.9 Å². The van der Waals surface area contributed by atoms with Crippen LogP contribution in [-0.2, 0) is 0 Å². The fourth-order valence-electron chi connectivity index (χ4n) is 2.97. The van der Waals surface area contributed by atoms with Crippen LogP contribution in [0.3, 0.4) is 0 Å². The number of benzene rings is 1. The predicted octanol–water partition coefficient (Wildman–Crippen LogP) is 4.11. The minimum atomic E-state index is 0.290. The molecule has 0 aliphatic heterocycles. The molecule has 0 radical (unpaired) electrons. The molecule has 114 valence electrons. The van der Waals surface area contributed by atoms with E-state index in [1.165, 1.54) is 16.8 Å². The lowest BCUT2D eigenvalue weighted by Gasteiger charge is -2.29. The molecule has 3 nitrogen and oxygen atoms in total. The molecule has 0 saturated heterocycles. The van der Waals surface area contributed by atoms with Crippen LogP contribution in [0.25, 0.3) is 0 Å². The van der Waals surface area contributed by atoms with Crippen LogP contribution in [0, 0.1) is 20.8 Å². The Labute approximate surface area is 128 Å². The second-order valence-electron chi connectivity index (χ2n) is 5.66. The molecule has 0 aliphatic rings. The van der Waals surface area contributed by atoms with Crippen molar-refractivity contribution >= 4 is 0 Å². The highest BCUT2D eigenvalue weighted by atomic mass is 15.3. The molecule has 21 heavy (non-hydrogen) atoms. The minimum Gasteiger partial charge on any atom is -0.308 e. The van der Waals surface area contributed by atoms with Gasteiger partial charge in [-0.2, -0.15) is 5.10 Å². The van der Waals surface area contributed by atoms with Crippen molar-refractivity contribution in [2.75, 3.05) is 6.54 Å². The van der Waals surface area contributed by atoms with E-state index in [0.717, 1.165) is 18.7 Å². The van der Waals surface area contributed by atoms with Crippen molar-refractivity contribution in [3.8, 4) is 0 Å². The molecule has 1 aromatic carbocycles. The fraction of sp³-hybridized carbons (Fsp3) is 0.500. The molecule has 2 rings (SSSR count). The van der Waals surface area contributed by atoms with E-state index in [2.05, 4.69) is 74.9 Å². The summed E-state index contributed by atoms with van der Waals surface area (Å²) in [5.41, 5.74) is 5.04. The molecule has 1 aromatic heterocycles. The van der Waals surface area contributed by atoms with E-state index in [-0.39, 0.29) is 0 Å². The fourth-order valence-corrected chi connectivity index (χ4v) is 2.97. The molecule has 3 heteroatoms. The van der Waals surface area contributed by atoms with Crippen molar-refractivity contribution in [3.05, 3.63) is 52.8 Å². The van der Waals surface area contributed by atoms with Crippen LogP contribution < -0.4 is 5.32 Å². The van der Waals surface area contributed by atoms with Gasteiger partial charge in [0.05, 0.1) is 17.8 Å². The van der Waals surface area contributed by atoms with Crippen LogP contribution in [0.2, 0.25) is 0 Å². The monoisotopic (exact) mass is 285 g/mol. The highest BCUT2D eigenvalue weighted by Gasteiger charge is 2.25. The molecule has 0 fully saturated rings. The molecule has 2 atom stereocenters. The van der Waals surface area contributed by atoms with Gasteiger partial charge in [-0.25, -0.2) is 0 Å². The first-order chi connectivity index (χ1) is 10.1. The number of nitrogens with one attached hydrogen (secondary N) is 1. The summed E-state index contributed by atoms with van der Waals surface area (Å²) < 4.78 is 2.21. The second kappa shape index (κ2) is 6.90. The number of hydrogen-bond acceptors (Lipinski definition) is 2. The molecule has 0 saturated carbocycles. The maximum Gasteiger partial charge on any atom is 0.0714 e. The van der Waals surface area contributed by atoms with Gasteiger partial charge in [-0.05, 0) is 44.9 Å². The second-order valence-corrected chi connectivity index (χ2v) is 5.66. The number of nitrogens with zero attached hydrogens (tertiary/aromatic N) is 2. The van der Waals surface area contributed by atoms with E-state index in [1.54, 1.807) is 0 Å². The van der Waals surface area contributed by atoms with Crippen LogP contribution in [0.15, 0.2) is 30.3 Å². The van der Waals surface area contributed by atoms with Crippen molar-refractivity contribution in [1.82, 2.24) is 15.1 Å². The van der Waals surface area contributed by atoms with Gasteiger partial charge in [0.15, 0.2) is 0 Å². The van der Waals surface area contributed by atoms with Crippen molar-refractivity contribution in [2.45, 2.75) is 53.1 Å². The zero-order valence-corrected chi connectivity index (χ0v) is 13.9. The van der Waals surface area contributed by atoms with Gasteiger partial charge in [-0.15, -0.1) is 0 Å². The zero-order valence-electron chi connectivity index (χ0n) is 13.9. The van der Waals surface area contributed by atoms with Crippen molar-refractivity contribution in [1.29, 1.82) is 0 Å². The Kier molecular flexibility index (Phi) is 5.18. The summed E-state index contributed by atoms with van der Waals surface area (Å²) in [5, 5.41) is 8.43. The van der Waals surface area contributed by atoms with Gasteiger partial charge >= 0.3 is 0 Å². The average Bonchev–Trinajstić information content (AvgIpc) is 2.76. The van der Waals surface area contributed by atoms with Gasteiger partial charge in [0.1, 0.15) is 0 Å². The smallest absolute Gasteiger partial charge is 0.0714 e. The third-order valence-corrected chi connectivity index (χ3v) is 4.39. The number of rotatable bonds is 6. The number of likely N-dealkylation sites (N-methyl/N-ethyl adjacent to an activating group) is 1. The van der Waals surface area contributed by atoms with E-state index < -0.39 is 0 Å². The van der Waals surface area contributed by atoms with E-state index in [0.29, 0.717) is 12.1 Å². The lowest BCUT2D eigenvalue weighted by atomic mass is 9.97. The van der Waals surface area contributed by atoms with Crippen LogP contribution >= 0.6 is 0 Å². The van der Waals surface area contributed by atoms with Crippen molar-refractivity contribution in [2.24, 2.45) is 0 Å². The number of hydrogen-bond donors (Lipinski definition) is 1. The first-order valence-electron chi connectivity index (χ1n) is 7.90. The normalized spacial score (nSPS) is 14.1. The maximum atomic E-state index is 4.79. The first-order valence-corrected chi connectivity index (χ1v) is 7.90. The first kappa shape index (κ1) is 15.8. The number of aromatic nitrogens is 2. The molecule has 0 amide bonds. The molecular formula is C18H27N3. The van der Waals surface area contributed by atoms with Gasteiger partial charge in [0.25, 0.3) is 0 Å². The summed E-state index contributed by atoms with van der Waals surface area (Å²) in [5.74, 6) is 0. The van der Waals surface area contributed by atoms with Crippen molar-refractivity contribution in [3.63, 3.8) is 0 Å². The van der Waals surface area contributed by atoms with E-state index >= 15 is 0 Å². The maximum absolute atomic E-state index is 4.79. The van der Waals surface area contributed by atoms with Crippen molar-refractivity contribution < 1.29 is 0 Å². The van der Waals surface area contributed by atoms with Gasteiger partial charge in [0.2, 0.25) is 0 Å². The Morgan fingerprint density at radius 3 is 2.24 bits per heavy atom. The molecular weight excluding hydrogens is 258 g/mol. The molecule has 2 aromatic rings. The van der Waals surface area contributed by atoms with Gasteiger partial charge in [-0.1, -0.05) is 44.2 Å². The molecule has 0 aliphatic carbocycles. The quantitative estimate of drug-likeness (QED) is 0.865. The van der Waals surface area contributed by atoms with Crippen LogP contribution in [0.5, 0.6) is 0 Å². The molecule has 0 spiro atoms. The van der Waals surface area contributed by atoms with E-state index in [4.69, 9.17) is 5.10 Å². The van der Waals surface area contributed by atoms with Crippen LogP contribution in [0.4, 0.5) is 0 Å². The standard InChI is InChI=1S/C18H27N3/c1-6-17(21-15(5)13(3)14(4)20-21)18(19-7-2)16-11-9-8-10-12-16/h8-12,17-19H,6-7H2,1-5H3. The van der Waals surface area contributed by atoms with Gasteiger partial charge in [-0.3, -0.25) is 4.68 Å². The minimum absolute atomic E-state index is 0.290. The Morgan fingerprint density at radius 2 is 1.76 bits per heavy atom. The highest BCUT2D eigenvalue weighted by molar-refractivity contribution is 5.25. The summed E-state index contributed by atoms with van der Waals surface area (Å²) in [6.07, 6.45) is 1.05. The average molecular weight is 285 g/mol. The summed E-state index contributed by atoms with van der Waals surface area (Å²) >= 11 is 0. The van der Waals surface area contributed by atoms with E-state index in [1.807, 2.05) is 0 Å². The summed E-state index contributed by atoms with van der Waals surface area (Å²) in [6, 6.07) is 11.3. The Hall–Kier alpha value is -1.61. The molecule has 1 heterocycles.